The third-order valence-corrected chi connectivity index (χ3v) is 3.78. The van der Waals surface area contributed by atoms with Gasteiger partial charge in [-0.25, -0.2) is 0 Å². The lowest BCUT2D eigenvalue weighted by Crippen LogP contribution is -2.22. The van der Waals surface area contributed by atoms with Crippen LogP contribution in [0.1, 0.15) is 12.0 Å². The van der Waals surface area contributed by atoms with Gasteiger partial charge in [0.25, 0.3) is 0 Å². The van der Waals surface area contributed by atoms with E-state index in [2.05, 4.69) is 34.1 Å². The van der Waals surface area contributed by atoms with E-state index in [1.165, 1.54) is 23.9 Å². The highest BCUT2D eigenvalue weighted by Crippen LogP contribution is 2.19. The molecule has 0 bridgehead atoms. The minimum Gasteiger partial charge on any atom is -0.330 e. The number of nitrogens with two attached hydrogens (primary N) is 1. The van der Waals surface area contributed by atoms with E-state index in [4.69, 9.17) is 5.73 Å². The first-order valence-electron chi connectivity index (χ1n) is 6.61. The molecular formula is C15H19N3. The molecule has 0 radical (unpaired) electrons. The quantitative estimate of drug-likeness (QED) is 0.894. The number of hydrogen-bond acceptors (Lipinski definition) is 3. The predicted molar refractivity (Wildman–Crippen MR) is 74.2 cm³/mol. The summed E-state index contributed by atoms with van der Waals surface area (Å²) in [6.45, 7) is 4.16. The van der Waals surface area contributed by atoms with Crippen LogP contribution in [0.2, 0.25) is 0 Å². The molecule has 18 heavy (non-hydrogen) atoms. The summed E-state index contributed by atoms with van der Waals surface area (Å²) < 4.78 is 0. The molecule has 0 spiro atoms. The van der Waals surface area contributed by atoms with Crippen LogP contribution in [0, 0.1) is 5.92 Å². The molecule has 0 amide bonds. The summed E-state index contributed by atoms with van der Waals surface area (Å²) in [6, 6.07) is 10.7. The van der Waals surface area contributed by atoms with E-state index in [-0.39, 0.29) is 0 Å². The fourth-order valence-corrected chi connectivity index (χ4v) is 2.73. The van der Waals surface area contributed by atoms with Crippen molar-refractivity contribution in [3.05, 3.63) is 42.1 Å². The van der Waals surface area contributed by atoms with Crippen LogP contribution in [0.25, 0.3) is 10.9 Å². The summed E-state index contributed by atoms with van der Waals surface area (Å²) in [7, 11) is 0. The molecule has 3 nitrogen and oxygen atoms in total. The number of benzene rings is 1. The minimum absolute atomic E-state index is 0.687. The van der Waals surface area contributed by atoms with Crippen LogP contribution < -0.4 is 5.73 Å². The van der Waals surface area contributed by atoms with Crippen molar-refractivity contribution >= 4 is 10.9 Å². The zero-order chi connectivity index (χ0) is 12.4. The number of likely N-dealkylation sites (tertiary alicyclic amines) is 1. The first-order chi connectivity index (χ1) is 8.85. The van der Waals surface area contributed by atoms with Crippen LogP contribution in [-0.4, -0.2) is 29.5 Å². The number of hydrogen-bond donors (Lipinski definition) is 1. The number of aromatic nitrogens is 1. The largest absolute Gasteiger partial charge is 0.330 e. The third-order valence-electron chi connectivity index (χ3n) is 3.78. The normalized spacial score (nSPS) is 20.6. The molecule has 2 N–H and O–H groups in total. The molecule has 3 rings (SSSR count). The zero-order valence-corrected chi connectivity index (χ0v) is 10.5. The second-order valence-corrected chi connectivity index (χ2v) is 5.16. The van der Waals surface area contributed by atoms with Gasteiger partial charge in [0.15, 0.2) is 0 Å². The average molecular weight is 241 g/mol. The van der Waals surface area contributed by atoms with Crippen LogP contribution in [0.4, 0.5) is 0 Å². The minimum atomic E-state index is 0.687. The Morgan fingerprint density at radius 2 is 2.28 bits per heavy atom. The molecule has 1 aromatic heterocycles. The number of fused-ring (bicyclic) bond motifs is 1. The van der Waals surface area contributed by atoms with Crippen molar-refractivity contribution in [3.63, 3.8) is 0 Å². The van der Waals surface area contributed by atoms with Gasteiger partial charge in [-0.1, -0.05) is 12.1 Å². The second kappa shape index (κ2) is 5.04. The van der Waals surface area contributed by atoms with Gasteiger partial charge < -0.3 is 5.73 Å². The van der Waals surface area contributed by atoms with E-state index in [9.17, 15) is 0 Å². The topological polar surface area (TPSA) is 42.1 Å². The third kappa shape index (κ3) is 2.37. The Balaban J connectivity index is 1.75. The van der Waals surface area contributed by atoms with Crippen LogP contribution in [0.3, 0.4) is 0 Å². The van der Waals surface area contributed by atoms with Gasteiger partial charge >= 0.3 is 0 Å². The van der Waals surface area contributed by atoms with Crippen molar-refractivity contribution in [1.29, 1.82) is 0 Å². The van der Waals surface area contributed by atoms with Gasteiger partial charge in [0.2, 0.25) is 0 Å². The maximum absolute atomic E-state index is 5.73. The van der Waals surface area contributed by atoms with Crippen molar-refractivity contribution in [3.8, 4) is 0 Å². The SMILES string of the molecule is NCC1CCN(Cc2ccc3ncccc3c2)C1. The van der Waals surface area contributed by atoms with Gasteiger partial charge in [-0.05, 0) is 49.2 Å². The smallest absolute Gasteiger partial charge is 0.0702 e. The van der Waals surface area contributed by atoms with E-state index in [0.717, 1.165) is 25.2 Å². The molecule has 1 aliphatic heterocycles. The molecule has 94 valence electrons. The molecule has 1 saturated heterocycles. The Morgan fingerprint density at radius 3 is 3.11 bits per heavy atom. The Morgan fingerprint density at radius 1 is 1.33 bits per heavy atom. The van der Waals surface area contributed by atoms with Gasteiger partial charge in [-0.2, -0.15) is 0 Å². The lowest BCUT2D eigenvalue weighted by molar-refractivity contribution is 0.318. The van der Waals surface area contributed by atoms with E-state index in [1.54, 1.807) is 0 Å². The fraction of sp³-hybridized carbons (Fsp3) is 0.400. The monoisotopic (exact) mass is 241 g/mol. The van der Waals surface area contributed by atoms with Crippen LogP contribution in [-0.2, 0) is 6.54 Å². The van der Waals surface area contributed by atoms with Gasteiger partial charge in [-0.15, -0.1) is 0 Å². The summed E-state index contributed by atoms with van der Waals surface area (Å²) >= 11 is 0. The Kier molecular flexibility index (Phi) is 3.26. The molecule has 1 unspecified atom stereocenters. The molecule has 1 aromatic carbocycles. The summed E-state index contributed by atoms with van der Waals surface area (Å²) in [4.78, 5) is 6.84. The van der Waals surface area contributed by atoms with Crippen LogP contribution >= 0.6 is 0 Å². The fourth-order valence-electron chi connectivity index (χ4n) is 2.73. The van der Waals surface area contributed by atoms with Crippen molar-refractivity contribution in [2.24, 2.45) is 11.7 Å². The molecule has 3 heteroatoms. The molecule has 2 aromatic rings. The van der Waals surface area contributed by atoms with Crippen molar-refractivity contribution in [2.45, 2.75) is 13.0 Å². The predicted octanol–water partition coefficient (Wildman–Crippen LogP) is 2.02. The van der Waals surface area contributed by atoms with Gasteiger partial charge in [0.05, 0.1) is 5.52 Å². The molecule has 2 heterocycles. The lowest BCUT2D eigenvalue weighted by atomic mass is 10.1. The molecule has 0 aliphatic carbocycles. The number of pyridine rings is 1. The number of rotatable bonds is 3. The Labute approximate surface area is 108 Å². The standard InChI is InChI=1S/C15H19N3/c16-9-13-5-7-18(11-13)10-12-3-4-15-14(8-12)2-1-6-17-15/h1-4,6,8,13H,5,7,9-11,16H2. The molecule has 1 atom stereocenters. The van der Waals surface area contributed by atoms with Gasteiger partial charge in [-0.3, -0.25) is 9.88 Å². The Hall–Kier alpha value is -1.45. The van der Waals surface area contributed by atoms with E-state index < -0.39 is 0 Å². The highest BCUT2D eigenvalue weighted by atomic mass is 15.1. The van der Waals surface area contributed by atoms with Crippen LogP contribution in [0.15, 0.2) is 36.5 Å². The van der Waals surface area contributed by atoms with Gasteiger partial charge in [0, 0.05) is 24.7 Å². The van der Waals surface area contributed by atoms with Crippen LogP contribution in [0.5, 0.6) is 0 Å². The van der Waals surface area contributed by atoms with Crippen molar-refractivity contribution in [2.75, 3.05) is 19.6 Å². The molecule has 1 aliphatic rings. The Bertz CT molecular complexity index is 538. The highest BCUT2D eigenvalue weighted by molar-refractivity contribution is 5.78. The first kappa shape index (κ1) is 11.6. The number of nitrogens with zero attached hydrogens (tertiary/aromatic N) is 2. The van der Waals surface area contributed by atoms with E-state index in [0.29, 0.717) is 5.92 Å². The summed E-state index contributed by atoms with van der Waals surface area (Å²) in [6.07, 6.45) is 3.08. The molecule has 1 fully saturated rings. The second-order valence-electron chi connectivity index (χ2n) is 5.16. The maximum atomic E-state index is 5.73. The summed E-state index contributed by atoms with van der Waals surface area (Å²) in [5.74, 6) is 0.687. The summed E-state index contributed by atoms with van der Waals surface area (Å²) in [5, 5.41) is 1.23. The van der Waals surface area contributed by atoms with Crippen molar-refractivity contribution < 1.29 is 0 Å². The van der Waals surface area contributed by atoms with Crippen molar-refractivity contribution in [1.82, 2.24) is 9.88 Å². The maximum Gasteiger partial charge on any atom is 0.0702 e. The highest BCUT2D eigenvalue weighted by Gasteiger charge is 2.20. The summed E-state index contributed by atoms with van der Waals surface area (Å²) in [5.41, 5.74) is 8.17. The molecule has 0 saturated carbocycles. The van der Waals surface area contributed by atoms with E-state index in [1.807, 2.05) is 12.3 Å². The first-order valence-corrected chi connectivity index (χ1v) is 6.61. The molecular weight excluding hydrogens is 222 g/mol. The van der Waals surface area contributed by atoms with Gasteiger partial charge in [0.1, 0.15) is 0 Å². The van der Waals surface area contributed by atoms with E-state index >= 15 is 0 Å². The lowest BCUT2D eigenvalue weighted by Gasteiger charge is -2.15. The average Bonchev–Trinajstić information content (AvgIpc) is 2.86. The zero-order valence-electron chi connectivity index (χ0n) is 10.5.